The zero-order chi connectivity index (χ0) is 30.7. The van der Waals surface area contributed by atoms with Crippen molar-refractivity contribution in [1.82, 2.24) is 19.8 Å². The van der Waals surface area contributed by atoms with Crippen molar-refractivity contribution in [2.45, 2.75) is 62.6 Å². The number of nitrogens with zero attached hydrogens (tertiary/aromatic N) is 6. The Labute approximate surface area is 260 Å². The van der Waals surface area contributed by atoms with Crippen LogP contribution in [0.5, 0.6) is 11.8 Å². The number of amides is 1. The maximum Gasteiger partial charge on any atom is 0.319 e. The number of piperazine rings is 1. The van der Waals surface area contributed by atoms with Crippen molar-refractivity contribution < 1.29 is 19.0 Å². The van der Waals surface area contributed by atoms with Gasteiger partial charge in [0.25, 0.3) is 0 Å². The average Bonchev–Trinajstić information content (AvgIpc) is 3.70. The number of aromatic nitrogens is 2. The number of hydrogen-bond donors (Lipinski definition) is 1. The third-order valence-electron chi connectivity index (χ3n) is 10.5. The lowest BCUT2D eigenvalue weighted by molar-refractivity contribution is -0.133. The van der Waals surface area contributed by atoms with E-state index in [1.165, 1.54) is 0 Å². The Morgan fingerprint density at radius 2 is 1.78 bits per heavy atom. The summed E-state index contributed by atoms with van der Waals surface area (Å²) in [6, 6.07) is 16.5. The second-order valence-electron chi connectivity index (χ2n) is 13.0. The van der Waals surface area contributed by atoms with E-state index in [1.54, 1.807) is 18.2 Å². The van der Waals surface area contributed by atoms with E-state index in [0.29, 0.717) is 42.0 Å². The number of hydrogen-bond acceptors (Lipinski definition) is 8. The highest BCUT2D eigenvalue weighted by Gasteiger charge is 2.46. The van der Waals surface area contributed by atoms with E-state index in [-0.39, 0.29) is 47.2 Å². The quantitative estimate of drug-likeness (QED) is 0.311. The molecule has 4 fully saturated rings. The number of halogens is 1. The molecule has 2 atom stereocenters. The molecule has 0 radical (unpaired) electrons. The molecule has 4 aromatic rings. The molecule has 5 heterocycles. The van der Waals surface area contributed by atoms with Gasteiger partial charge in [-0.2, -0.15) is 15.2 Å². The maximum atomic E-state index is 16.8. The number of anilines is 1. The van der Waals surface area contributed by atoms with Crippen LogP contribution >= 0.6 is 0 Å². The van der Waals surface area contributed by atoms with Crippen LogP contribution in [0.1, 0.15) is 44.9 Å². The third kappa shape index (κ3) is 4.64. The average molecular weight is 607 g/mol. The van der Waals surface area contributed by atoms with E-state index in [1.807, 2.05) is 41.3 Å². The molecule has 45 heavy (non-hydrogen) atoms. The molecule has 1 aromatic heterocycles. The van der Waals surface area contributed by atoms with Crippen LogP contribution in [0.25, 0.3) is 32.8 Å². The fourth-order valence-electron chi connectivity index (χ4n) is 8.46. The predicted octanol–water partition coefficient (Wildman–Crippen LogP) is 5.40. The second kappa shape index (κ2) is 10.8. The summed E-state index contributed by atoms with van der Waals surface area (Å²) in [5.74, 6) is 0.0285. The Bertz CT molecular complexity index is 1850. The summed E-state index contributed by atoms with van der Waals surface area (Å²) >= 11 is 0. The van der Waals surface area contributed by atoms with Crippen molar-refractivity contribution in [3.8, 4) is 29.0 Å². The minimum atomic E-state index is -0.496. The monoisotopic (exact) mass is 606 g/mol. The van der Waals surface area contributed by atoms with Crippen molar-refractivity contribution in [2.24, 2.45) is 0 Å². The summed E-state index contributed by atoms with van der Waals surface area (Å²) < 4.78 is 23.2. The van der Waals surface area contributed by atoms with Crippen molar-refractivity contribution in [1.29, 1.82) is 5.26 Å². The first-order valence-corrected chi connectivity index (χ1v) is 16.0. The highest BCUT2D eigenvalue weighted by molar-refractivity contribution is 6.01. The standard InChI is InChI=1S/C35H35FN6O3/c36-31-27(29-18-25(43)17-22-5-1-2-6-26(22)29)9-10-28-32(31)38-34(45-21-35-12-3-15-41(35)16-4-13-35)39-33(28)40-19-23-7-8-24(20-40)42(23)30(44)11-14-37/h1-2,5-6,9-10,17-18,23-24,43H,3-4,7-8,11-13,15-16,19-21H2/t23-,24+. The summed E-state index contributed by atoms with van der Waals surface area (Å²) in [4.78, 5) is 28.9. The van der Waals surface area contributed by atoms with Gasteiger partial charge in [-0.25, -0.2) is 4.39 Å². The van der Waals surface area contributed by atoms with E-state index in [2.05, 4.69) is 9.80 Å². The molecule has 4 saturated heterocycles. The number of nitriles is 1. The summed E-state index contributed by atoms with van der Waals surface area (Å²) in [6.45, 7) is 3.68. The smallest absolute Gasteiger partial charge is 0.319 e. The van der Waals surface area contributed by atoms with Crippen molar-refractivity contribution in [2.75, 3.05) is 37.7 Å². The zero-order valence-electron chi connectivity index (χ0n) is 25.1. The third-order valence-corrected chi connectivity index (χ3v) is 10.5. The van der Waals surface area contributed by atoms with Crippen molar-refractivity contribution in [3.63, 3.8) is 0 Å². The fraction of sp³-hybridized carbons (Fsp3) is 0.429. The highest BCUT2D eigenvalue weighted by atomic mass is 19.1. The van der Waals surface area contributed by atoms with Crippen LogP contribution in [0.15, 0.2) is 48.5 Å². The normalized spacial score (nSPS) is 22.2. The first kappa shape index (κ1) is 28.0. The Hall–Kier alpha value is -4.49. The second-order valence-corrected chi connectivity index (χ2v) is 13.0. The van der Waals surface area contributed by atoms with Gasteiger partial charge in [0.2, 0.25) is 5.91 Å². The number of rotatable bonds is 6. The van der Waals surface area contributed by atoms with Gasteiger partial charge in [0.1, 0.15) is 30.1 Å². The van der Waals surface area contributed by atoms with Crippen molar-refractivity contribution >= 4 is 33.4 Å². The Kier molecular flexibility index (Phi) is 6.75. The molecular weight excluding hydrogens is 571 g/mol. The molecule has 0 aliphatic carbocycles. The summed E-state index contributed by atoms with van der Waals surface area (Å²) in [6.07, 6.45) is 5.99. The molecule has 10 heteroatoms. The first-order chi connectivity index (χ1) is 21.9. The van der Waals surface area contributed by atoms with Crippen LogP contribution < -0.4 is 9.64 Å². The number of fused-ring (bicyclic) bond motifs is 5. The minimum Gasteiger partial charge on any atom is -0.508 e. The molecule has 1 amide bonds. The van der Waals surface area contributed by atoms with Gasteiger partial charge in [-0.3, -0.25) is 9.69 Å². The molecule has 0 saturated carbocycles. The number of aromatic hydroxyl groups is 1. The number of ether oxygens (including phenoxy) is 1. The topological polar surface area (TPSA) is 106 Å². The van der Waals surface area contributed by atoms with E-state index >= 15 is 4.39 Å². The van der Waals surface area contributed by atoms with E-state index in [0.717, 1.165) is 62.4 Å². The van der Waals surface area contributed by atoms with Gasteiger partial charge in [-0.15, -0.1) is 0 Å². The van der Waals surface area contributed by atoms with Gasteiger partial charge in [0.15, 0.2) is 5.82 Å². The molecular formula is C35H35FN6O3. The van der Waals surface area contributed by atoms with Gasteiger partial charge in [0, 0.05) is 36.1 Å². The number of phenols is 1. The van der Waals surface area contributed by atoms with Gasteiger partial charge in [-0.05, 0) is 86.1 Å². The van der Waals surface area contributed by atoms with Crippen LogP contribution in [-0.4, -0.2) is 81.2 Å². The zero-order valence-corrected chi connectivity index (χ0v) is 25.1. The number of carbonyl (C=O) groups is 1. The molecule has 8 rings (SSSR count). The number of carbonyl (C=O) groups excluding carboxylic acids is 1. The maximum absolute atomic E-state index is 16.8. The summed E-state index contributed by atoms with van der Waals surface area (Å²) in [5.41, 5.74) is 1.07. The van der Waals surface area contributed by atoms with Crippen LogP contribution in [-0.2, 0) is 4.79 Å². The molecule has 3 aromatic carbocycles. The summed E-state index contributed by atoms with van der Waals surface area (Å²) in [5, 5.41) is 21.9. The first-order valence-electron chi connectivity index (χ1n) is 16.0. The summed E-state index contributed by atoms with van der Waals surface area (Å²) in [7, 11) is 0. The number of benzene rings is 3. The molecule has 9 nitrogen and oxygen atoms in total. The van der Waals surface area contributed by atoms with Gasteiger partial charge in [0.05, 0.1) is 11.6 Å². The minimum absolute atomic E-state index is 0.0226. The lowest BCUT2D eigenvalue weighted by Crippen LogP contribution is -2.56. The lowest BCUT2D eigenvalue weighted by Gasteiger charge is -2.41. The lowest BCUT2D eigenvalue weighted by atomic mass is 9.95. The van der Waals surface area contributed by atoms with E-state index < -0.39 is 5.82 Å². The molecule has 0 spiro atoms. The van der Waals surface area contributed by atoms with Crippen LogP contribution in [0.3, 0.4) is 0 Å². The van der Waals surface area contributed by atoms with Crippen LogP contribution in [0.2, 0.25) is 0 Å². The van der Waals surface area contributed by atoms with E-state index in [9.17, 15) is 9.90 Å². The van der Waals surface area contributed by atoms with E-state index in [4.69, 9.17) is 20.0 Å². The highest BCUT2D eigenvalue weighted by Crippen LogP contribution is 2.42. The Morgan fingerprint density at radius 3 is 2.53 bits per heavy atom. The fourth-order valence-corrected chi connectivity index (χ4v) is 8.46. The SMILES string of the molecule is N#CCC(=O)N1[C@@H]2CC[C@H]1CN(c1nc(OCC34CCCN3CCC4)nc3c(F)c(-c4cc(O)cc5ccccc45)ccc13)C2. The van der Waals surface area contributed by atoms with Crippen LogP contribution in [0.4, 0.5) is 10.2 Å². The van der Waals surface area contributed by atoms with Crippen LogP contribution in [0, 0.1) is 17.1 Å². The molecule has 0 unspecified atom stereocenters. The van der Waals surface area contributed by atoms with Crippen molar-refractivity contribution in [3.05, 3.63) is 54.3 Å². The largest absolute Gasteiger partial charge is 0.508 e. The van der Waals surface area contributed by atoms with Gasteiger partial charge < -0.3 is 19.6 Å². The van der Waals surface area contributed by atoms with Gasteiger partial charge in [-0.1, -0.05) is 30.3 Å². The molecule has 2 bridgehead atoms. The Balaban J connectivity index is 1.22. The number of phenolic OH excluding ortho intramolecular Hbond substituents is 1. The molecule has 4 aliphatic heterocycles. The molecule has 230 valence electrons. The Morgan fingerprint density at radius 1 is 1.02 bits per heavy atom. The molecule has 4 aliphatic rings. The molecule has 1 N–H and O–H groups in total. The predicted molar refractivity (Wildman–Crippen MR) is 168 cm³/mol. The van der Waals surface area contributed by atoms with Gasteiger partial charge >= 0.3 is 6.01 Å².